The number of nitrogens with zero attached hydrogens (tertiary/aromatic N) is 4. The molecule has 2 aliphatic rings. The van der Waals surface area contributed by atoms with Crippen molar-refractivity contribution in [2.24, 2.45) is 0 Å². The van der Waals surface area contributed by atoms with Crippen LogP contribution in [0.5, 0.6) is 0 Å². The largest absolute Gasteiger partial charge is 0.394 e. The fourth-order valence-electron chi connectivity index (χ4n) is 3.69. The number of methoxy groups -OCH3 is 1. The first kappa shape index (κ1) is 19.0. The third kappa shape index (κ3) is 3.13. The Balaban J connectivity index is 1.46. The van der Waals surface area contributed by atoms with Crippen LogP contribution in [-0.4, -0.2) is 69.0 Å². The van der Waals surface area contributed by atoms with E-state index >= 15 is 0 Å². The number of carbonyl (C=O) groups excluding carboxylic acids is 1. The maximum absolute atomic E-state index is 12.5. The van der Waals surface area contributed by atoms with Crippen LogP contribution in [0.3, 0.4) is 0 Å². The number of anilines is 1. The number of imidazole rings is 1. The van der Waals surface area contributed by atoms with E-state index in [9.17, 15) is 9.90 Å². The number of aliphatic hydroxyl groups is 1. The Morgan fingerprint density at radius 2 is 1.97 bits per heavy atom. The second-order valence-electron chi connectivity index (χ2n) is 6.84. The van der Waals surface area contributed by atoms with Crippen molar-refractivity contribution in [2.45, 2.75) is 31.0 Å². The van der Waals surface area contributed by atoms with E-state index in [-0.39, 0.29) is 18.3 Å². The molecule has 2 saturated heterocycles. The summed E-state index contributed by atoms with van der Waals surface area (Å²) in [5.74, 6) is -0.0302. The van der Waals surface area contributed by atoms with Crippen LogP contribution in [0.25, 0.3) is 11.2 Å². The highest BCUT2D eigenvalue weighted by molar-refractivity contribution is 6.06. The van der Waals surface area contributed by atoms with Crippen LogP contribution < -0.4 is 5.32 Å². The van der Waals surface area contributed by atoms with Gasteiger partial charge >= 0.3 is 0 Å². The maximum atomic E-state index is 12.5. The first-order chi connectivity index (χ1) is 14.7. The summed E-state index contributed by atoms with van der Waals surface area (Å²) < 4.78 is 24.1. The zero-order valence-corrected chi connectivity index (χ0v) is 15.9. The highest BCUT2D eigenvalue weighted by Crippen LogP contribution is 2.40. The molecule has 4 heterocycles. The van der Waals surface area contributed by atoms with Crippen molar-refractivity contribution in [1.29, 1.82) is 0 Å². The lowest BCUT2D eigenvalue weighted by atomic mass is 10.1. The monoisotopic (exact) mass is 413 g/mol. The normalized spacial score (nSPS) is 28.0. The highest BCUT2D eigenvalue weighted by Gasteiger charge is 2.53. The quantitative estimate of drug-likeness (QED) is 0.620. The van der Waals surface area contributed by atoms with E-state index < -0.39 is 31.0 Å². The molecule has 0 radical (unpaired) electrons. The van der Waals surface area contributed by atoms with E-state index in [1.54, 1.807) is 28.8 Å². The van der Waals surface area contributed by atoms with Gasteiger partial charge in [0.15, 0.2) is 23.2 Å². The Bertz CT molecular complexity index is 1060. The molecule has 2 aliphatic heterocycles. The third-order valence-corrected chi connectivity index (χ3v) is 5.10. The molecular weight excluding hydrogens is 394 g/mol. The summed E-state index contributed by atoms with van der Waals surface area (Å²) in [6, 6.07) is 8.80. The molecule has 30 heavy (non-hydrogen) atoms. The molecule has 11 nitrogen and oxygen atoms in total. The van der Waals surface area contributed by atoms with Gasteiger partial charge < -0.3 is 29.4 Å². The molecule has 3 aromatic rings. The minimum Gasteiger partial charge on any atom is -0.394 e. The summed E-state index contributed by atoms with van der Waals surface area (Å²) in [4.78, 5) is 25.3. The van der Waals surface area contributed by atoms with Gasteiger partial charge in [-0.1, -0.05) is 18.2 Å². The SMILES string of the molecule is COC1O[C@@H]2[C@H](O1)[C@@H](CO)O[C@H]2n1cnc2c(NC(=O)c3ccccc3)ncnc21. The highest BCUT2D eigenvalue weighted by atomic mass is 16.9. The van der Waals surface area contributed by atoms with Gasteiger partial charge in [0.05, 0.1) is 12.9 Å². The van der Waals surface area contributed by atoms with Crippen molar-refractivity contribution in [3.8, 4) is 0 Å². The van der Waals surface area contributed by atoms with E-state index in [1.165, 1.54) is 19.8 Å². The van der Waals surface area contributed by atoms with Gasteiger partial charge in [0.2, 0.25) is 0 Å². The van der Waals surface area contributed by atoms with Crippen molar-refractivity contribution in [1.82, 2.24) is 19.5 Å². The van der Waals surface area contributed by atoms with Crippen LogP contribution >= 0.6 is 0 Å². The number of nitrogens with one attached hydrogen (secondary N) is 1. The van der Waals surface area contributed by atoms with Gasteiger partial charge in [-0.15, -0.1) is 0 Å². The molecule has 1 unspecified atom stereocenters. The van der Waals surface area contributed by atoms with Gasteiger partial charge in [-0.25, -0.2) is 15.0 Å². The smallest absolute Gasteiger partial charge is 0.272 e. The summed E-state index contributed by atoms with van der Waals surface area (Å²) in [6.45, 7) is -1.08. The molecule has 11 heteroatoms. The number of carbonyl (C=O) groups is 1. The molecule has 1 aromatic carbocycles. The predicted molar refractivity (Wildman–Crippen MR) is 101 cm³/mol. The lowest BCUT2D eigenvalue weighted by Crippen LogP contribution is -2.31. The van der Waals surface area contributed by atoms with Crippen LogP contribution in [0.1, 0.15) is 16.6 Å². The van der Waals surface area contributed by atoms with E-state index in [0.29, 0.717) is 16.7 Å². The number of benzene rings is 1. The molecular formula is C19H19N5O6. The molecule has 2 aromatic heterocycles. The molecule has 2 N–H and O–H groups in total. The zero-order chi connectivity index (χ0) is 20.7. The van der Waals surface area contributed by atoms with Crippen LogP contribution in [0.15, 0.2) is 43.0 Å². The number of hydrogen-bond donors (Lipinski definition) is 2. The van der Waals surface area contributed by atoms with Crippen LogP contribution in [-0.2, 0) is 18.9 Å². The van der Waals surface area contributed by atoms with E-state index in [2.05, 4.69) is 20.3 Å². The zero-order valence-electron chi connectivity index (χ0n) is 15.9. The number of aromatic nitrogens is 4. The molecule has 0 bridgehead atoms. The number of aliphatic hydroxyl groups excluding tert-OH is 1. The molecule has 0 aliphatic carbocycles. The predicted octanol–water partition coefficient (Wildman–Crippen LogP) is 0.682. The number of hydrogen-bond acceptors (Lipinski definition) is 9. The van der Waals surface area contributed by atoms with Crippen LogP contribution in [0.2, 0.25) is 0 Å². The van der Waals surface area contributed by atoms with Gasteiger partial charge in [0.25, 0.3) is 12.4 Å². The lowest BCUT2D eigenvalue weighted by molar-refractivity contribution is -0.256. The fraction of sp³-hybridized carbons (Fsp3) is 0.368. The van der Waals surface area contributed by atoms with Crippen molar-refractivity contribution < 1.29 is 28.8 Å². The summed E-state index contributed by atoms with van der Waals surface area (Å²) in [7, 11) is 1.47. The Morgan fingerprint density at radius 1 is 1.17 bits per heavy atom. The third-order valence-electron chi connectivity index (χ3n) is 5.10. The van der Waals surface area contributed by atoms with Gasteiger partial charge in [0.1, 0.15) is 24.6 Å². The second-order valence-corrected chi connectivity index (χ2v) is 6.84. The maximum Gasteiger partial charge on any atom is 0.272 e. The van der Waals surface area contributed by atoms with Gasteiger partial charge in [0, 0.05) is 12.7 Å². The van der Waals surface area contributed by atoms with Crippen molar-refractivity contribution in [2.75, 3.05) is 19.0 Å². The van der Waals surface area contributed by atoms with E-state index in [4.69, 9.17) is 18.9 Å². The molecule has 0 saturated carbocycles. The number of rotatable bonds is 5. The standard InChI is InChI=1S/C19H19N5O6/c1-27-19-29-13-11(7-25)28-18(14(13)30-19)24-9-22-12-15(20-8-21-16(12)24)23-17(26)10-5-3-2-4-6-10/h2-6,8-9,11,13-14,18-19,25H,7H2,1H3,(H,20,21,23,26)/t11-,13-,14-,18-,19?/m1/s1. The Labute approximate surface area is 170 Å². The minimum absolute atomic E-state index is 0.239. The van der Waals surface area contributed by atoms with Crippen molar-refractivity contribution >= 4 is 22.9 Å². The van der Waals surface area contributed by atoms with Crippen molar-refractivity contribution in [3.63, 3.8) is 0 Å². The summed E-state index contributed by atoms with van der Waals surface area (Å²) >= 11 is 0. The molecule has 5 rings (SSSR count). The van der Waals surface area contributed by atoms with Gasteiger partial charge in [-0.2, -0.15) is 0 Å². The number of ether oxygens (including phenoxy) is 4. The topological polar surface area (TPSA) is 130 Å². The first-order valence-electron chi connectivity index (χ1n) is 9.33. The van der Waals surface area contributed by atoms with E-state index in [1.807, 2.05) is 6.07 Å². The molecule has 156 valence electrons. The average Bonchev–Trinajstić information content (AvgIpc) is 3.47. The Kier molecular flexibility index (Phi) is 4.89. The van der Waals surface area contributed by atoms with Gasteiger partial charge in [-0.05, 0) is 12.1 Å². The van der Waals surface area contributed by atoms with Crippen molar-refractivity contribution in [3.05, 3.63) is 48.5 Å². The summed E-state index contributed by atoms with van der Waals surface area (Å²) in [6.07, 6.45) is 0.605. The summed E-state index contributed by atoms with van der Waals surface area (Å²) in [5, 5.41) is 12.4. The number of fused-ring (bicyclic) bond motifs is 2. The average molecular weight is 413 g/mol. The Hall–Kier alpha value is -2.96. The molecule has 0 spiro atoms. The number of amides is 1. The summed E-state index contributed by atoms with van der Waals surface area (Å²) in [5.41, 5.74) is 1.34. The lowest BCUT2D eigenvalue weighted by Gasteiger charge is -2.19. The molecule has 2 fully saturated rings. The van der Waals surface area contributed by atoms with Crippen LogP contribution in [0.4, 0.5) is 5.82 Å². The molecule has 1 amide bonds. The minimum atomic E-state index is -0.842. The Morgan fingerprint density at radius 3 is 2.73 bits per heavy atom. The van der Waals surface area contributed by atoms with Gasteiger partial charge in [-0.3, -0.25) is 9.36 Å². The first-order valence-corrected chi connectivity index (χ1v) is 9.33. The van der Waals surface area contributed by atoms with E-state index in [0.717, 1.165) is 0 Å². The fourth-order valence-corrected chi connectivity index (χ4v) is 3.69. The van der Waals surface area contributed by atoms with Crippen LogP contribution in [0, 0.1) is 0 Å². The molecule has 5 atom stereocenters. The second kappa shape index (κ2) is 7.70.